The first-order valence-corrected chi connectivity index (χ1v) is 3.37. The number of hydrogen-bond donors (Lipinski definition) is 0. The van der Waals surface area contributed by atoms with Crippen molar-refractivity contribution in [3.8, 4) is 25.1 Å². The minimum absolute atomic E-state index is 0.169. The summed E-state index contributed by atoms with van der Waals surface area (Å²) < 4.78 is 0. The highest BCUT2D eigenvalue weighted by Crippen LogP contribution is 1.99. The van der Waals surface area contributed by atoms with Crippen molar-refractivity contribution in [2.24, 2.45) is 0 Å². The average molecular weight is 170 g/mol. The lowest BCUT2D eigenvalue weighted by atomic mass is 10.3. The van der Waals surface area contributed by atoms with Crippen molar-refractivity contribution in [1.29, 1.82) is 0 Å². The molecule has 0 saturated carbocycles. The fourth-order valence-electron chi connectivity index (χ4n) is 0.453. The molecule has 0 aliphatic carbocycles. The molecule has 0 heterocycles. The first kappa shape index (κ1) is 10.6. The monoisotopic (exact) mass is 170 g/mol. The van der Waals surface area contributed by atoms with E-state index in [4.69, 9.17) is 12.8 Å². The van der Waals surface area contributed by atoms with E-state index >= 15 is 0 Å². The molecular weight excluding hydrogens is 160 g/mol. The Morgan fingerprint density at radius 3 is 2.42 bits per heavy atom. The minimum Gasteiger partial charge on any atom is -0.283 e. The lowest BCUT2D eigenvalue weighted by Gasteiger charge is -2.09. The standard InChI is InChI=1S/C8H10O4/c1-4-8(12-10-6-3)7-11-9-5-2/h2-3,8H,4,7H2,1H3. The summed E-state index contributed by atoms with van der Waals surface area (Å²) in [5.41, 5.74) is 0. The Kier molecular flexibility index (Phi) is 6.87. The third-order valence-corrected chi connectivity index (χ3v) is 1.05. The fraction of sp³-hybridized carbons (Fsp3) is 0.500. The van der Waals surface area contributed by atoms with Crippen LogP contribution in [0.25, 0.3) is 0 Å². The van der Waals surface area contributed by atoms with E-state index in [0.29, 0.717) is 6.42 Å². The summed E-state index contributed by atoms with van der Waals surface area (Å²) in [5, 5.41) is 0. The highest BCUT2D eigenvalue weighted by Gasteiger charge is 2.08. The molecule has 0 rings (SSSR count). The predicted octanol–water partition coefficient (Wildman–Crippen LogP) is 0.843. The molecule has 0 amide bonds. The third-order valence-electron chi connectivity index (χ3n) is 1.05. The molecule has 4 heteroatoms. The zero-order chi connectivity index (χ0) is 9.23. The van der Waals surface area contributed by atoms with E-state index < -0.39 is 0 Å². The maximum Gasteiger partial charge on any atom is 0.153 e. The number of terminal acetylenes is 2. The van der Waals surface area contributed by atoms with Gasteiger partial charge in [-0.15, -0.1) is 0 Å². The maximum absolute atomic E-state index is 4.78. The van der Waals surface area contributed by atoms with Gasteiger partial charge < -0.3 is 0 Å². The molecule has 4 nitrogen and oxygen atoms in total. The summed E-state index contributed by atoms with van der Waals surface area (Å²) in [6, 6.07) is 0. The average Bonchev–Trinajstić information content (AvgIpc) is 2.11. The van der Waals surface area contributed by atoms with Gasteiger partial charge in [0.05, 0.1) is 0 Å². The summed E-state index contributed by atoms with van der Waals surface area (Å²) in [7, 11) is 0. The van der Waals surface area contributed by atoms with E-state index in [1.54, 1.807) is 0 Å². The molecular formula is C8H10O4. The lowest BCUT2D eigenvalue weighted by Crippen LogP contribution is -2.17. The van der Waals surface area contributed by atoms with Gasteiger partial charge in [0.2, 0.25) is 0 Å². The zero-order valence-electron chi connectivity index (χ0n) is 6.78. The first-order valence-electron chi connectivity index (χ1n) is 3.37. The zero-order valence-corrected chi connectivity index (χ0v) is 6.78. The van der Waals surface area contributed by atoms with Crippen LogP contribution in [0.5, 0.6) is 0 Å². The quantitative estimate of drug-likeness (QED) is 0.256. The lowest BCUT2D eigenvalue weighted by molar-refractivity contribution is -0.319. The highest BCUT2D eigenvalue weighted by molar-refractivity contribution is 4.66. The molecule has 0 aliphatic heterocycles. The first-order chi connectivity index (χ1) is 5.85. The Bertz CT molecular complexity index is 176. The van der Waals surface area contributed by atoms with Crippen LogP contribution in [0.4, 0.5) is 0 Å². The maximum atomic E-state index is 4.78. The van der Waals surface area contributed by atoms with E-state index in [2.05, 4.69) is 19.6 Å². The van der Waals surface area contributed by atoms with Gasteiger partial charge in [0.1, 0.15) is 12.7 Å². The van der Waals surface area contributed by atoms with Gasteiger partial charge in [-0.3, -0.25) is 9.78 Å². The van der Waals surface area contributed by atoms with Crippen molar-refractivity contribution >= 4 is 0 Å². The Hall–Kier alpha value is -1.36. The van der Waals surface area contributed by atoms with Crippen LogP contribution in [-0.2, 0) is 19.6 Å². The second-order valence-corrected chi connectivity index (χ2v) is 1.81. The van der Waals surface area contributed by atoms with Crippen molar-refractivity contribution in [2.75, 3.05) is 6.61 Å². The van der Waals surface area contributed by atoms with E-state index in [-0.39, 0.29) is 12.7 Å². The van der Waals surface area contributed by atoms with E-state index in [9.17, 15) is 0 Å². The SMILES string of the molecule is C#COOCC(CC)OOC#C. The van der Waals surface area contributed by atoms with Gasteiger partial charge in [-0.05, 0) is 6.42 Å². The molecule has 1 atom stereocenters. The van der Waals surface area contributed by atoms with E-state index in [1.165, 1.54) is 0 Å². The summed E-state index contributed by atoms with van der Waals surface area (Å²) in [6.45, 7) is 2.05. The van der Waals surface area contributed by atoms with Crippen LogP contribution in [0.2, 0.25) is 0 Å². The van der Waals surface area contributed by atoms with Gasteiger partial charge in [-0.1, -0.05) is 19.8 Å². The van der Waals surface area contributed by atoms with Gasteiger partial charge in [0.25, 0.3) is 0 Å². The topological polar surface area (TPSA) is 36.9 Å². The van der Waals surface area contributed by atoms with Gasteiger partial charge in [0.15, 0.2) is 12.2 Å². The molecule has 0 aromatic rings. The summed E-state index contributed by atoms with van der Waals surface area (Å²) in [6.07, 6.45) is 13.6. The molecule has 12 heavy (non-hydrogen) atoms. The molecule has 0 radical (unpaired) electrons. The van der Waals surface area contributed by atoms with Crippen LogP contribution < -0.4 is 0 Å². The van der Waals surface area contributed by atoms with Gasteiger partial charge in [-0.25, -0.2) is 0 Å². The molecule has 0 aromatic heterocycles. The van der Waals surface area contributed by atoms with Crippen molar-refractivity contribution in [2.45, 2.75) is 19.4 Å². The Balaban J connectivity index is 3.42. The van der Waals surface area contributed by atoms with E-state index in [1.807, 2.05) is 19.1 Å². The van der Waals surface area contributed by atoms with E-state index in [0.717, 1.165) is 0 Å². The minimum atomic E-state index is -0.283. The molecule has 0 fully saturated rings. The normalized spacial score (nSPS) is 10.9. The van der Waals surface area contributed by atoms with Crippen LogP contribution in [0, 0.1) is 25.1 Å². The number of rotatable bonds is 6. The van der Waals surface area contributed by atoms with Crippen molar-refractivity contribution in [1.82, 2.24) is 0 Å². The van der Waals surface area contributed by atoms with Crippen LogP contribution in [0.3, 0.4) is 0 Å². The van der Waals surface area contributed by atoms with Gasteiger partial charge in [-0.2, -0.15) is 9.78 Å². The molecule has 0 aromatic carbocycles. The Labute approximate surface area is 71.6 Å². The Morgan fingerprint density at radius 1 is 1.25 bits per heavy atom. The van der Waals surface area contributed by atoms with Gasteiger partial charge >= 0.3 is 0 Å². The summed E-state index contributed by atoms with van der Waals surface area (Å²) in [5.74, 6) is 0. The van der Waals surface area contributed by atoms with Crippen molar-refractivity contribution in [3.05, 3.63) is 0 Å². The third kappa shape index (κ3) is 5.43. The predicted molar refractivity (Wildman–Crippen MR) is 41.0 cm³/mol. The molecule has 0 N–H and O–H groups in total. The second-order valence-electron chi connectivity index (χ2n) is 1.81. The van der Waals surface area contributed by atoms with Crippen molar-refractivity contribution in [3.63, 3.8) is 0 Å². The molecule has 0 saturated heterocycles. The van der Waals surface area contributed by atoms with Crippen LogP contribution in [0.1, 0.15) is 13.3 Å². The molecule has 1 unspecified atom stereocenters. The summed E-state index contributed by atoms with van der Waals surface area (Å²) >= 11 is 0. The molecule has 0 aliphatic rings. The van der Waals surface area contributed by atoms with Crippen LogP contribution in [-0.4, -0.2) is 12.7 Å². The largest absolute Gasteiger partial charge is 0.283 e. The van der Waals surface area contributed by atoms with Crippen LogP contribution in [0.15, 0.2) is 0 Å². The highest BCUT2D eigenvalue weighted by atomic mass is 17.2. The Morgan fingerprint density at radius 2 is 1.92 bits per heavy atom. The molecule has 66 valence electrons. The fourth-order valence-corrected chi connectivity index (χ4v) is 0.453. The molecule has 0 spiro atoms. The van der Waals surface area contributed by atoms with Crippen molar-refractivity contribution < 1.29 is 19.6 Å². The smallest absolute Gasteiger partial charge is 0.153 e. The van der Waals surface area contributed by atoms with Crippen LogP contribution >= 0.6 is 0 Å². The second kappa shape index (κ2) is 7.74. The number of hydrogen-bond acceptors (Lipinski definition) is 4. The van der Waals surface area contributed by atoms with Gasteiger partial charge in [0, 0.05) is 0 Å². The summed E-state index contributed by atoms with van der Waals surface area (Å²) in [4.78, 5) is 17.6. The molecule has 0 bridgehead atoms.